The number of rotatable bonds is 34. The molecule has 0 fully saturated rings. The van der Waals surface area contributed by atoms with Crippen LogP contribution in [0.2, 0.25) is 0 Å². The highest BCUT2D eigenvalue weighted by Crippen LogP contribution is 2.43. The van der Waals surface area contributed by atoms with Gasteiger partial charge in [0.15, 0.2) is 0 Å². The summed E-state index contributed by atoms with van der Waals surface area (Å²) >= 11 is 0. The lowest BCUT2D eigenvalue weighted by molar-refractivity contribution is -0.870. The number of hydrogen-bond donors (Lipinski definition) is 4. The number of unbranched alkanes of at least 4 members (excludes halogenated alkanes) is 7. The van der Waals surface area contributed by atoms with E-state index in [4.69, 9.17) is 9.05 Å². The fraction of sp³-hybridized carbons (Fsp3) is 0.614. The van der Waals surface area contributed by atoms with Crippen molar-refractivity contribution in [3.05, 3.63) is 97.2 Å². The molecule has 4 N–H and O–H groups in total. The van der Waals surface area contributed by atoms with Crippen molar-refractivity contribution in [2.24, 2.45) is 0 Å². The average molecular weight is 776 g/mol. The number of aliphatic hydroxyl groups is 2. The van der Waals surface area contributed by atoms with Gasteiger partial charge in [-0.1, -0.05) is 143 Å². The molecule has 0 bridgehead atoms. The summed E-state index contributed by atoms with van der Waals surface area (Å²) in [7, 11) is 1.39. The molecule has 0 saturated heterocycles. The molecule has 1 amide bonds. The molecule has 0 aliphatic rings. The van der Waals surface area contributed by atoms with Gasteiger partial charge in [-0.05, 0) is 64.2 Å². The normalized spacial score (nSPS) is 16.1. The Morgan fingerprint density at radius 3 is 1.91 bits per heavy atom. The second kappa shape index (κ2) is 34.8. The standard InChI is InChI=1S/C44H75N2O7P/c1-6-8-10-12-14-16-18-20-21-22-23-24-26-28-30-32-34-41(47)36-37-44(49)45-42(40-53-54(50,51)52-39-38-46(3,4)5)43(48)35-33-31-29-27-25-19-17-15-13-11-9-7-2/h8,10,14,16,20-21,23-25,27-28,30,32-35,41-43,47-48H,6-7,9,11-13,15,17-19,22,26,29,31,36-40H2,1-5H3,(H-,45,49,50,51)/p+1/b10-8-,16-14-,21-20-,24-23-,27-25-,30-28-,34-32-,35-33+/t41?,42-,43+/m0/s1. The number of aliphatic hydroxyl groups excluding tert-OH is 2. The van der Waals surface area contributed by atoms with E-state index in [9.17, 15) is 24.5 Å². The molecule has 0 heterocycles. The monoisotopic (exact) mass is 776 g/mol. The minimum atomic E-state index is -4.41. The fourth-order valence-corrected chi connectivity index (χ4v) is 5.60. The lowest BCUT2D eigenvalue weighted by atomic mass is 10.1. The highest BCUT2D eigenvalue weighted by molar-refractivity contribution is 7.47. The van der Waals surface area contributed by atoms with Crippen LogP contribution in [0.25, 0.3) is 0 Å². The van der Waals surface area contributed by atoms with Gasteiger partial charge in [0.2, 0.25) is 5.91 Å². The van der Waals surface area contributed by atoms with E-state index in [-0.39, 0.29) is 19.4 Å². The Morgan fingerprint density at radius 1 is 0.704 bits per heavy atom. The van der Waals surface area contributed by atoms with E-state index in [1.54, 1.807) is 18.2 Å². The topological polar surface area (TPSA) is 125 Å². The van der Waals surface area contributed by atoms with Crippen LogP contribution in [0.1, 0.15) is 117 Å². The van der Waals surface area contributed by atoms with Crippen molar-refractivity contribution in [3.8, 4) is 0 Å². The third-order valence-corrected chi connectivity index (χ3v) is 9.14. The van der Waals surface area contributed by atoms with Gasteiger partial charge in [0.1, 0.15) is 13.2 Å². The average Bonchev–Trinajstić information content (AvgIpc) is 3.12. The van der Waals surface area contributed by atoms with E-state index in [2.05, 4.69) is 79.9 Å². The summed E-state index contributed by atoms with van der Waals surface area (Å²) in [5.74, 6) is -0.422. The van der Waals surface area contributed by atoms with Gasteiger partial charge < -0.3 is 24.9 Å². The van der Waals surface area contributed by atoms with Gasteiger partial charge in [-0.2, -0.15) is 0 Å². The highest BCUT2D eigenvalue weighted by Gasteiger charge is 2.27. The number of amides is 1. The van der Waals surface area contributed by atoms with Crippen LogP contribution in [-0.4, -0.2) is 84.6 Å². The number of phosphoric acid groups is 1. The van der Waals surface area contributed by atoms with Crippen LogP contribution in [0.4, 0.5) is 0 Å². The van der Waals surface area contributed by atoms with E-state index in [0.29, 0.717) is 17.4 Å². The number of allylic oxidation sites excluding steroid dienone is 14. The third kappa shape index (κ3) is 36.4. The molecule has 0 spiro atoms. The minimum absolute atomic E-state index is 0.00810. The van der Waals surface area contributed by atoms with Gasteiger partial charge in [-0.15, -0.1) is 0 Å². The van der Waals surface area contributed by atoms with Gasteiger partial charge >= 0.3 is 7.82 Å². The third-order valence-electron chi connectivity index (χ3n) is 8.16. The number of carbonyl (C=O) groups is 1. The summed E-state index contributed by atoms with van der Waals surface area (Å²) in [5.41, 5.74) is 0. The Labute approximate surface area is 329 Å². The van der Waals surface area contributed by atoms with E-state index >= 15 is 0 Å². The maximum atomic E-state index is 12.8. The molecule has 0 aliphatic heterocycles. The van der Waals surface area contributed by atoms with Crippen molar-refractivity contribution in [3.63, 3.8) is 0 Å². The number of nitrogens with one attached hydrogen (secondary N) is 1. The zero-order chi connectivity index (χ0) is 40.2. The maximum Gasteiger partial charge on any atom is 0.472 e. The summed E-state index contributed by atoms with van der Waals surface area (Å²) in [6.45, 7) is 4.42. The second-order valence-electron chi connectivity index (χ2n) is 14.5. The lowest BCUT2D eigenvalue weighted by Gasteiger charge is -2.25. The number of quaternary nitrogens is 1. The molecule has 10 heteroatoms. The zero-order valence-electron chi connectivity index (χ0n) is 34.3. The molecule has 2 unspecified atom stereocenters. The van der Waals surface area contributed by atoms with Crippen molar-refractivity contribution >= 4 is 13.7 Å². The quantitative estimate of drug-likeness (QED) is 0.0169. The van der Waals surface area contributed by atoms with Crippen LogP contribution in [0, 0.1) is 0 Å². The number of hydrogen-bond acceptors (Lipinski definition) is 6. The molecule has 0 aromatic heterocycles. The molecule has 308 valence electrons. The molecule has 4 atom stereocenters. The Hall–Kier alpha value is -2.62. The molecule has 0 radical (unpaired) electrons. The first-order valence-electron chi connectivity index (χ1n) is 20.2. The van der Waals surface area contributed by atoms with E-state index in [0.717, 1.165) is 44.9 Å². The van der Waals surface area contributed by atoms with Crippen LogP contribution in [0.3, 0.4) is 0 Å². The van der Waals surface area contributed by atoms with Crippen LogP contribution < -0.4 is 5.32 Å². The van der Waals surface area contributed by atoms with Crippen molar-refractivity contribution in [2.45, 2.75) is 135 Å². The SMILES string of the molecule is CC/C=C\C/C=C\C/C=C\C/C=C\C/C=C\C=C/C(O)CCC(=O)N[C@@H](COP(=O)(O)OCC[N+](C)(C)C)[C@H](O)/C=C/CC/C=C\CCCCCCCC. The Kier molecular flexibility index (Phi) is 33.1. The Balaban J connectivity index is 4.81. The summed E-state index contributed by atoms with van der Waals surface area (Å²) in [6.07, 6.45) is 45.2. The molecular formula is C44H76N2O7P+. The molecule has 0 saturated carbocycles. The molecule has 9 nitrogen and oxygen atoms in total. The molecular weight excluding hydrogens is 699 g/mol. The summed E-state index contributed by atoms with van der Waals surface area (Å²) in [5, 5.41) is 24.0. The van der Waals surface area contributed by atoms with Crippen LogP contribution in [0.15, 0.2) is 97.2 Å². The first-order chi connectivity index (χ1) is 25.9. The van der Waals surface area contributed by atoms with E-state index in [1.807, 2.05) is 39.4 Å². The van der Waals surface area contributed by atoms with Gasteiger partial charge in [0.25, 0.3) is 0 Å². The van der Waals surface area contributed by atoms with Crippen molar-refractivity contribution < 1.29 is 38.0 Å². The molecule has 0 aliphatic carbocycles. The molecule has 0 rings (SSSR count). The van der Waals surface area contributed by atoms with Gasteiger partial charge in [0, 0.05) is 6.42 Å². The van der Waals surface area contributed by atoms with Gasteiger partial charge in [0.05, 0.1) is 46.0 Å². The molecule has 54 heavy (non-hydrogen) atoms. The number of likely N-dealkylation sites (N-methyl/N-ethyl adjacent to an activating group) is 1. The predicted octanol–water partition coefficient (Wildman–Crippen LogP) is 9.76. The Morgan fingerprint density at radius 2 is 1.28 bits per heavy atom. The van der Waals surface area contributed by atoms with Crippen molar-refractivity contribution in [2.75, 3.05) is 40.9 Å². The zero-order valence-corrected chi connectivity index (χ0v) is 35.2. The summed E-state index contributed by atoms with van der Waals surface area (Å²) < 4.78 is 23.3. The minimum Gasteiger partial charge on any atom is -0.389 e. The summed E-state index contributed by atoms with van der Waals surface area (Å²) in [4.78, 5) is 23.0. The van der Waals surface area contributed by atoms with E-state index < -0.39 is 38.6 Å². The predicted molar refractivity (Wildman–Crippen MR) is 227 cm³/mol. The van der Waals surface area contributed by atoms with Crippen molar-refractivity contribution in [1.29, 1.82) is 0 Å². The van der Waals surface area contributed by atoms with Crippen molar-refractivity contribution in [1.82, 2.24) is 5.32 Å². The number of nitrogens with zero attached hydrogens (tertiary/aromatic N) is 1. The molecule has 0 aromatic rings. The first-order valence-corrected chi connectivity index (χ1v) is 21.7. The van der Waals surface area contributed by atoms with E-state index in [1.165, 1.54) is 38.5 Å². The Bertz CT molecular complexity index is 1210. The highest BCUT2D eigenvalue weighted by atomic mass is 31.2. The first kappa shape index (κ1) is 51.4. The van der Waals surface area contributed by atoms with Crippen LogP contribution in [-0.2, 0) is 18.4 Å². The number of carbonyl (C=O) groups excluding carboxylic acids is 1. The van der Waals surface area contributed by atoms with Crippen LogP contribution >= 0.6 is 7.82 Å². The maximum absolute atomic E-state index is 12.8. The summed E-state index contributed by atoms with van der Waals surface area (Å²) in [6, 6.07) is -0.992. The van der Waals surface area contributed by atoms with Crippen LogP contribution in [0.5, 0.6) is 0 Å². The number of phosphoric ester groups is 1. The molecule has 0 aromatic carbocycles. The van der Waals surface area contributed by atoms with Gasteiger partial charge in [-0.3, -0.25) is 13.8 Å². The fourth-order valence-electron chi connectivity index (χ4n) is 4.87. The second-order valence-corrected chi connectivity index (χ2v) is 15.9. The smallest absolute Gasteiger partial charge is 0.389 e. The van der Waals surface area contributed by atoms with Gasteiger partial charge in [-0.25, -0.2) is 4.57 Å². The lowest BCUT2D eigenvalue weighted by Crippen LogP contribution is -2.45. The largest absolute Gasteiger partial charge is 0.472 e.